The van der Waals surface area contributed by atoms with Gasteiger partial charge >= 0.3 is 5.97 Å². The lowest BCUT2D eigenvalue weighted by atomic mass is 10.0. The number of carboxylic acid groups (broad SMARTS) is 1. The first-order chi connectivity index (χ1) is 12.6. The van der Waals surface area contributed by atoms with Crippen molar-refractivity contribution in [2.45, 2.75) is 18.2 Å². The van der Waals surface area contributed by atoms with Crippen LogP contribution in [0.1, 0.15) is 16.7 Å². The molecule has 8 heteroatoms. The van der Waals surface area contributed by atoms with Crippen LogP contribution < -0.4 is 5.73 Å². The van der Waals surface area contributed by atoms with Crippen LogP contribution in [0.15, 0.2) is 59.0 Å². The highest BCUT2D eigenvalue weighted by Crippen LogP contribution is 2.19. The Bertz CT molecular complexity index is 839. The highest BCUT2D eigenvalue weighted by atomic mass is 32.2. The highest BCUT2D eigenvalue weighted by Gasteiger charge is 2.14. The van der Waals surface area contributed by atoms with Crippen molar-refractivity contribution >= 4 is 28.7 Å². The second-order valence-electron chi connectivity index (χ2n) is 5.68. The van der Waals surface area contributed by atoms with E-state index in [0.29, 0.717) is 24.7 Å². The summed E-state index contributed by atoms with van der Waals surface area (Å²) in [6, 6.07) is 10.5. The van der Waals surface area contributed by atoms with Crippen LogP contribution in [0.5, 0.6) is 0 Å². The van der Waals surface area contributed by atoms with Crippen molar-refractivity contribution in [3.05, 3.63) is 65.5 Å². The molecule has 0 saturated carbocycles. The fraction of sp³-hybridized carbons (Fsp3) is 0.222. The molecule has 0 spiro atoms. The van der Waals surface area contributed by atoms with E-state index in [1.54, 1.807) is 12.4 Å². The van der Waals surface area contributed by atoms with Crippen LogP contribution in [0, 0.1) is 0 Å². The van der Waals surface area contributed by atoms with Crippen molar-refractivity contribution in [1.82, 2.24) is 4.98 Å². The number of hydrogen-bond donors (Lipinski definition) is 2. The summed E-state index contributed by atoms with van der Waals surface area (Å²) in [5.41, 5.74) is 8.40. The Hall–Kier alpha value is -2.71. The van der Waals surface area contributed by atoms with Crippen molar-refractivity contribution in [2.24, 2.45) is 15.9 Å². The number of benzene rings is 1. The molecule has 0 bridgehead atoms. The van der Waals surface area contributed by atoms with Crippen LogP contribution in [0.25, 0.3) is 0 Å². The number of aromatic nitrogens is 1. The standard InChI is InChI=1S/C18H18N4O3S/c19-15(18(23)24)9-12-2-1-3-13(8-12)11-26-16-10-25-17(22-21-16)14-4-6-20-7-5-14/h1-8,15H,9-11,19H2,(H,23,24). The summed E-state index contributed by atoms with van der Waals surface area (Å²) in [6.07, 6.45) is 3.66. The van der Waals surface area contributed by atoms with Gasteiger partial charge in [0.05, 0.1) is 0 Å². The first kappa shape index (κ1) is 18.1. The Morgan fingerprint density at radius 2 is 2.00 bits per heavy atom. The van der Waals surface area contributed by atoms with Gasteiger partial charge in [0.15, 0.2) is 0 Å². The summed E-state index contributed by atoms with van der Waals surface area (Å²) < 4.78 is 5.66. The third-order valence-electron chi connectivity index (χ3n) is 3.68. The van der Waals surface area contributed by atoms with Gasteiger partial charge in [0, 0.05) is 23.7 Å². The van der Waals surface area contributed by atoms with E-state index >= 15 is 0 Å². The molecule has 2 aromatic rings. The van der Waals surface area contributed by atoms with Gasteiger partial charge in [-0.3, -0.25) is 9.78 Å². The predicted octanol–water partition coefficient (Wildman–Crippen LogP) is 2.06. The summed E-state index contributed by atoms with van der Waals surface area (Å²) in [4.78, 5) is 14.8. The largest absolute Gasteiger partial charge is 0.480 e. The molecule has 0 fully saturated rings. The van der Waals surface area contributed by atoms with E-state index in [4.69, 9.17) is 15.6 Å². The SMILES string of the molecule is NC(Cc1cccc(CSC2=NN=C(c3ccncc3)OC2)c1)C(=O)O. The maximum Gasteiger partial charge on any atom is 0.320 e. The van der Waals surface area contributed by atoms with Gasteiger partial charge in [-0.15, -0.1) is 22.0 Å². The van der Waals surface area contributed by atoms with E-state index in [2.05, 4.69) is 15.2 Å². The molecule has 0 aliphatic carbocycles. The van der Waals surface area contributed by atoms with E-state index in [-0.39, 0.29) is 0 Å². The Kier molecular flexibility index (Phi) is 5.98. The number of pyridine rings is 1. The molecule has 0 saturated heterocycles. The second kappa shape index (κ2) is 8.59. The Labute approximate surface area is 155 Å². The molecule has 2 heterocycles. The number of carboxylic acids is 1. The molecule has 1 unspecified atom stereocenters. The van der Waals surface area contributed by atoms with Gasteiger partial charge < -0.3 is 15.6 Å². The van der Waals surface area contributed by atoms with Crippen molar-refractivity contribution in [1.29, 1.82) is 0 Å². The fourth-order valence-corrected chi connectivity index (χ4v) is 3.10. The van der Waals surface area contributed by atoms with Gasteiger partial charge in [-0.2, -0.15) is 0 Å². The first-order valence-electron chi connectivity index (χ1n) is 7.98. The minimum atomic E-state index is -0.999. The van der Waals surface area contributed by atoms with Crippen molar-refractivity contribution in [3.63, 3.8) is 0 Å². The van der Waals surface area contributed by atoms with Gasteiger partial charge in [0.2, 0.25) is 5.90 Å². The minimum absolute atomic E-state index is 0.303. The third kappa shape index (κ3) is 4.90. The zero-order valence-electron chi connectivity index (χ0n) is 13.9. The molecule has 3 N–H and O–H groups in total. The van der Waals surface area contributed by atoms with Gasteiger partial charge in [-0.05, 0) is 29.7 Å². The molecule has 134 valence electrons. The summed E-state index contributed by atoms with van der Waals surface area (Å²) in [6.45, 7) is 0.370. The molecule has 7 nitrogen and oxygen atoms in total. The number of hydrogen-bond acceptors (Lipinski definition) is 7. The molecule has 1 aromatic heterocycles. The van der Waals surface area contributed by atoms with Crippen molar-refractivity contribution < 1.29 is 14.6 Å². The van der Waals surface area contributed by atoms with Crippen LogP contribution >= 0.6 is 11.8 Å². The molecular weight excluding hydrogens is 352 g/mol. The number of ether oxygens (including phenoxy) is 1. The topological polar surface area (TPSA) is 110 Å². The minimum Gasteiger partial charge on any atom is -0.480 e. The highest BCUT2D eigenvalue weighted by molar-refractivity contribution is 8.13. The first-order valence-corrected chi connectivity index (χ1v) is 8.97. The molecule has 1 aliphatic heterocycles. The zero-order valence-corrected chi connectivity index (χ0v) is 14.7. The number of nitrogens with two attached hydrogens (primary N) is 1. The maximum absolute atomic E-state index is 10.9. The predicted molar refractivity (Wildman–Crippen MR) is 101 cm³/mol. The normalized spacial score (nSPS) is 14.8. The van der Waals surface area contributed by atoms with E-state index < -0.39 is 12.0 Å². The molecule has 1 aromatic carbocycles. The van der Waals surface area contributed by atoms with Gasteiger partial charge in [0.1, 0.15) is 17.7 Å². The van der Waals surface area contributed by atoms with E-state index in [0.717, 1.165) is 21.7 Å². The number of rotatable bonds is 6. The van der Waals surface area contributed by atoms with E-state index in [1.807, 2.05) is 36.4 Å². The van der Waals surface area contributed by atoms with Crippen LogP contribution in [0.4, 0.5) is 0 Å². The molecule has 0 radical (unpaired) electrons. The van der Waals surface area contributed by atoms with Crippen molar-refractivity contribution in [2.75, 3.05) is 6.61 Å². The molecular formula is C18H18N4O3S. The van der Waals surface area contributed by atoms with Crippen LogP contribution in [0.2, 0.25) is 0 Å². The number of thioether (sulfide) groups is 1. The van der Waals surface area contributed by atoms with E-state index in [1.165, 1.54) is 11.8 Å². The van der Waals surface area contributed by atoms with Gasteiger partial charge in [0.25, 0.3) is 0 Å². The zero-order chi connectivity index (χ0) is 18.4. The molecule has 0 amide bonds. The van der Waals surface area contributed by atoms with Crippen LogP contribution in [-0.2, 0) is 21.7 Å². The van der Waals surface area contributed by atoms with E-state index in [9.17, 15) is 4.79 Å². The Balaban J connectivity index is 1.59. The number of carbonyl (C=O) groups is 1. The molecule has 1 aliphatic rings. The average Bonchev–Trinajstić information content (AvgIpc) is 2.68. The van der Waals surface area contributed by atoms with Crippen LogP contribution in [0.3, 0.4) is 0 Å². The second-order valence-corrected chi connectivity index (χ2v) is 6.73. The van der Waals surface area contributed by atoms with Crippen LogP contribution in [-0.4, -0.2) is 39.6 Å². The third-order valence-corrected chi connectivity index (χ3v) is 4.69. The van der Waals surface area contributed by atoms with Crippen molar-refractivity contribution in [3.8, 4) is 0 Å². The van der Waals surface area contributed by atoms with Gasteiger partial charge in [-0.1, -0.05) is 24.3 Å². The van der Waals surface area contributed by atoms with Gasteiger partial charge in [-0.25, -0.2) is 0 Å². The lowest BCUT2D eigenvalue weighted by Gasteiger charge is -2.14. The quantitative estimate of drug-likeness (QED) is 0.805. The maximum atomic E-state index is 10.9. The fourth-order valence-electron chi connectivity index (χ4n) is 2.35. The average molecular weight is 370 g/mol. The monoisotopic (exact) mass is 370 g/mol. The Morgan fingerprint density at radius 1 is 1.23 bits per heavy atom. The smallest absolute Gasteiger partial charge is 0.320 e. The number of nitrogens with zero attached hydrogens (tertiary/aromatic N) is 3. The summed E-state index contributed by atoms with van der Waals surface area (Å²) in [5.74, 6) is 0.182. The number of aliphatic carboxylic acids is 1. The summed E-state index contributed by atoms with van der Waals surface area (Å²) in [5, 5.41) is 18.0. The molecule has 3 rings (SSSR count). The summed E-state index contributed by atoms with van der Waals surface area (Å²) >= 11 is 1.54. The lowest BCUT2D eigenvalue weighted by molar-refractivity contribution is -0.138. The molecule has 1 atom stereocenters. The Morgan fingerprint density at radius 3 is 2.69 bits per heavy atom. The lowest BCUT2D eigenvalue weighted by Crippen LogP contribution is -2.32. The summed E-state index contributed by atoms with van der Waals surface area (Å²) in [7, 11) is 0. The molecule has 26 heavy (non-hydrogen) atoms.